The van der Waals surface area contributed by atoms with E-state index in [2.05, 4.69) is 22.0 Å². The van der Waals surface area contributed by atoms with Crippen LogP contribution >= 0.6 is 0 Å². The molecule has 2 atom stereocenters. The first-order valence-electron chi connectivity index (χ1n) is 6.55. The molecule has 0 amide bonds. The smallest absolute Gasteiger partial charge is 0.0635 e. The van der Waals surface area contributed by atoms with E-state index in [0.717, 1.165) is 32.4 Å². The fourth-order valence-corrected chi connectivity index (χ4v) is 2.63. The van der Waals surface area contributed by atoms with Crippen molar-refractivity contribution in [3.8, 4) is 6.07 Å². The van der Waals surface area contributed by atoms with Crippen molar-refractivity contribution in [1.82, 2.24) is 9.88 Å². The predicted molar refractivity (Wildman–Crippen MR) is 70.5 cm³/mol. The number of nitrogens with zero attached hydrogens (tertiary/aromatic N) is 3. The fourth-order valence-electron chi connectivity index (χ4n) is 2.63. The SMILES string of the molecule is N#CCCN(Cc1cccnc1)C1CCC(N)C1. The molecule has 4 heteroatoms. The Morgan fingerprint density at radius 2 is 2.39 bits per heavy atom. The van der Waals surface area contributed by atoms with Crippen molar-refractivity contribution in [2.75, 3.05) is 6.54 Å². The number of nitriles is 1. The van der Waals surface area contributed by atoms with E-state index in [0.29, 0.717) is 18.5 Å². The fraction of sp³-hybridized carbons (Fsp3) is 0.571. The topological polar surface area (TPSA) is 65.9 Å². The minimum Gasteiger partial charge on any atom is -0.328 e. The van der Waals surface area contributed by atoms with Crippen LogP contribution in [0.3, 0.4) is 0 Å². The molecule has 0 saturated heterocycles. The van der Waals surface area contributed by atoms with Crippen LogP contribution in [0, 0.1) is 11.3 Å². The minimum absolute atomic E-state index is 0.327. The Hall–Kier alpha value is -1.44. The van der Waals surface area contributed by atoms with Gasteiger partial charge in [-0.25, -0.2) is 0 Å². The largest absolute Gasteiger partial charge is 0.328 e. The first-order valence-corrected chi connectivity index (χ1v) is 6.55. The van der Waals surface area contributed by atoms with Crippen LogP contribution in [-0.2, 0) is 6.54 Å². The Kier molecular flexibility index (Phi) is 4.68. The molecular formula is C14H20N4. The molecule has 2 rings (SSSR count). The van der Waals surface area contributed by atoms with Gasteiger partial charge in [-0.1, -0.05) is 6.07 Å². The van der Waals surface area contributed by atoms with E-state index < -0.39 is 0 Å². The van der Waals surface area contributed by atoms with Gasteiger partial charge in [-0.2, -0.15) is 5.26 Å². The second kappa shape index (κ2) is 6.48. The summed E-state index contributed by atoms with van der Waals surface area (Å²) in [6, 6.07) is 7.12. The van der Waals surface area contributed by atoms with Crippen molar-refractivity contribution in [2.24, 2.45) is 5.73 Å². The monoisotopic (exact) mass is 244 g/mol. The van der Waals surface area contributed by atoms with Gasteiger partial charge in [0.15, 0.2) is 0 Å². The van der Waals surface area contributed by atoms with Crippen LogP contribution in [0.25, 0.3) is 0 Å². The number of nitrogens with two attached hydrogens (primary N) is 1. The van der Waals surface area contributed by atoms with Gasteiger partial charge in [0, 0.05) is 44.0 Å². The Bertz CT molecular complexity index is 398. The number of pyridine rings is 1. The van der Waals surface area contributed by atoms with E-state index in [1.165, 1.54) is 5.56 Å². The Labute approximate surface area is 108 Å². The van der Waals surface area contributed by atoms with Gasteiger partial charge in [0.1, 0.15) is 0 Å². The number of aromatic nitrogens is 1. The second-order valence-corrected chi connectivity index (χ2v) is 4.97. The van der Waals surface area contributed by atoms with E-state index in [4.69, 9.17) is 11.0 Å². The maximum Gasteiger partial charge on any atom is 0.0635 e. The number of hydrogen-bond acceptors (Lipinski definition) is 4. The standard InChI is InChI=1S/C14H20N4/c15-6-2-8-18(14-5-4-13(16)9-14)11-12-3-1-7-17-10-12/h1,3,7,10,13-14H,2,4-5,8-9,11,16H2. The van der Waals surface area contributed by atoms with Crippen LogP contribution in [0.4, 0.5) is 0 Å². The maximum absolute atomic E-state index is 8.76. The summed E-state index contributed by atoms with van der Waals surface area (Å²) in [6.07, 6.45) is 7.55. The first-order chi connectivity index (χ1) is 8.79. The van der Waals surface area contributed by atoms with E-state index in [9.17, 15) is 0 Å². The van der Waals surface area contributed by atoms with E-state index in [-0.39, 0.29) is 0 Å². The van der Waals surface area contributed by atoms with Crippen LogP contribution in [-0.4, -0.2) is 28.5 Å². The molecule has 4 nitrogen and oxygen atoms in total. The molecule has 0 bridgehead atoms. The Balaban J connectivity index is 1.99. The molecular weight excluding hydrogens is 224 g/mol. The number of rotatable bonds is 5. The summed E-state index contributed by atoms with van der Waals surface area (Å²) in [5.74, 6) is 0. The summed E-state index contributed by atoms with van der Waals surface area (Å²) in [4.78, 5) is 6.53. The van der Waals surface area contributed by atoms with E-state index in [1.807, 2.05) is 12.3 Å². The molecule has 0 radical (unpaired) electrons. The van der Waals surface area contributed by atoms with Gasteiger partial charge in [0.05, 0.1) is 6.07 Å². The van der Waals surface area contributed by atoms with Crippen LogP contribution in [0.2, 0.25) is 0 Å². The molecule has 1 saturated carbocycles. The van der Waals surface area contributed by atoms with Crippen molar-refractivity contribution in [3.63, 3.8) is 0 Å². The molecule has 1 aromatic heterocycles. The average molecular weight is 244 g/mol. The predicted octanol–water partition coefficient (Wildman–Crippen LogP) is 1.68. The lowest BCUT2D eigenvalue weighted by Gasteiger charge is -2.28. The van der Waals surface area contributed by atoms with Gasteiger partial charge in [-0.05, 0) is 30.9 Å². The summed E-state index contributed by atoms with van der Waals surface area (Å²) in [7, 11) is 0. The quantitative estimate of drug-likeness (QED) is 0.855. The Morgan fingerprint density at radius 1 is 1.50 bits per heavy atom. The molecule has 1 heterocycles. The van der Waals surface area contributed by atoms with Gasteiger partial charge in [-0.15, -0.1) is 0 Å². The van der Waals surface area contributed by atoms with Gasteiger partial charge in [0.25, 0.3) is 0 Å². The van der Waals surface area contributed by atoms with Crippen LogP contribution in [0.15, 0.2) is 24.5 Å². The van der Waals surface area contributed by atoms with Crippen molar-refractivity contribution < 1.29 is 0 Å². The zero-order valence-corrected chi connectivity index (χ0v) is 10.6. The molecule has 0 aliphatic heterocycles. The van der Waals surface area contributed by atoms with E-state index >= 15 is 0 Å². The summed E-state index contributed by atoms with van der Waals surface area (Å²) in [5, 5.41) is 8.76. The summed E-state index contributed by atoms with van der Waals surface area (Å²) < 4.78 is 0. The molecule has 18 heavy (non-hydrogen) atoms. The highest BCUT2D eigenvalue weighted by atomic mass is 15.2. The lowest BCUT2D eigenvalue weighted by molar-refractivity contribution is 0.192. The van der Waals surface area contributed by atoms with Crippen molar-refractivity contribution >= 4 is 0 Å². The summed E-state index contributed by atoms with van der Waals surface area (Å²) >= 11 is 0. The van der Waals surface area contributed by atoms with E-state index in [1.54, 1.807) is 6.20 Å². The zero-order valence-electron chi connectivity index (χ0n) is 10.6. The molecule has 2 unspecified atom stereocenters. The van der Waals surface area contributed by atoms with Crippen LogP contribution in [0.1, 0.15) is 31.2 Å². The Morgan fingerprint density at radius 3 is 3.00 bits per heavy atom. The van der Waals surface area contributed by atoms with Crippen molar-refractivity contribution in [1.29, 1.82) is 5.26 Å². The highest BCUT2D eigenvalue weighted by Crippen LogP contribution is 2.24. The third-order valence-corrected chi connectivity index (χ3v) is 3.58. The molecule has 2 N–H and O–H groups in total. The summed E-state index contributed by atoms with van der Waals surface area (Å²) in [6.45, 7) is 1.69. The van der Waals surface area contributed by atoms with Gasteiger partial charge < -0.3 is 5.73 Å². The molecule has 1 aliphatic rings. The average Bonchev–Trinajstić information content (AvgIpc) is 2.82. The van der Waals surface area contributed by atoms with Crippen molar-refractivity contribution in [2.45, 2.75) is 44.3 Å². The van der Waals surface area contributed by atoms with Gasteiger partial charge in [-0.3, -0.25) is 9.88 Å². The molecule has 0 spiro atoms. The maximum atomic E-state index is 8.76. The number of hydrogen-bond donors (Lipinski definition) is 1. The highest BCUT2D eigenvalue weighted by molar-refractivity contribution is 5.08. The van der Waals surface area contributed by atoms with Crippen molar-refractivity contribution in [3.05, 3.63) is 30.1 Å². The molecule has 0 aromatic carbocycles. The molecule has 1 aromatic rings. The molecule has 96 valence electrons. The highest BCUT2D eigenvalue weighted by Gasteiger charge is 2.26. The lowest BCUT2D eigenvalue weighted by atomic mass is 10.1. The normalized spacial score (nSPS) is 23.2. The van der Waals surface area contributed by atoms with Crippen LogP contribution < -0.4 is 5.73 Å². The molecule has 1 aliphatic carbocycles. The van der Waals surface area contributed by atoms with Gasteiger partial charge >= 0.3 is 0 Å². The first kappa shape index (κ1) is 13.0. The van der Waals surface area contributed by atoms with Gasteiger partial charge in [0.2, 0.25) is 0 Å². The zero-order chi connectivity index (χ0) is 12.8. The minimum atomic E-state index is 0.327. The summed E-state index contributed by atoms with van der Waals surface area (Å²) in [5.41, 5.74) is 7.19. The molecule has 1 fully saturated rings. The third-order valence-electron chi connectivity index (χ3n) is 3.58. The second-order valence-electron chi connectivity index (χ2n) is 4.97. The lowest BCUT2D eigenvalue weighted by Crippen LogP contribution is -2.34. The van der Waals surface area contributed by atoms with Crippen LogP contribution in [0.5, 0.6) is 0 Å². The third kappa shape index (κ3) is 3.52.